The van der Waals surface area contributed by atoms with Gasteiger partial charge in [0.1, 0.15) is 11.0 Å². The Bertz CT molecular complexity index is 834. The lowest BCUT2D eigenvalue weighted by Crippen LogP contribution is -2.46. The molecule has 2 N–H and O–H groups in total. The number of halogens is 3. The molecule has 0 spiro atoms. The van der Waals surface area contributed by atoms with Crippen LogP contribution in [-0.4, -0.2) is 55.3 Å². The van der Waals surface area contributed by atoms with Gasteiger partial charge in [0.25, 0.3) is 0 Å². The predicted molar refractivity (Wildman–Crippen MR) is 115 cm³/mol. The van der Waals surface area contributed by atoms with E-state index in [0.29, 0.717) is 42.4 Å². The third-order valence-electron chi connectivity index (χ3n) is 5.08. The normalized spacial score (nSPS) is 16.7. The summed E-state index contributed by atoms with van der Waals surface area (Å²) >= 11 is 12.2. The zero-order valence-corrected chi connectivity index (χ0v) is 18.1. The number of nitrogens with zero attached hydrogens (tertiary/aromatic N) is 3. The number of morpholine rings is 1. The highest BCUT2D eigenvalue weighted by Crippen LogP contribution is 2.25. The van der Waals surface area contributed by atoms with Gasteiger partial charge < -0.3 is 19.9 Å². The number of benzene rings is 1. The second kappa shape index (κ2) is 10.3. The zero-order chi connectivity index (χ0) is 20.8. The molecule has 29 heavy (non-hydrogen) atoms. The van der Waals surface area contributed by atoms with Crippen molar-refractivity contribution in [3.05, 3.63) is 57.6 Å². The van der Waals surface area contributed by atoms with Crippen molar-refractivity contribution in [3.63, 3.8) is 0 Å². The van der Waals surface area contributed by atoms with Crippen molar-refractivity contribution in [1.29, 1.82) is 0 Å². The van der Waals surface area contributed by atoms with E-state index >= 15 is 0 Å². The molecule has 0 aliphatic carbocycles. The molecule has 1 atom stereocenters. The first-order valence-electron chi connectivity index (χ1n) is 9.51. The maximum absolute atomic E-state index is 13.4. The van der Waals surface area contributed by atoms with Crippen molar-refractivity contribution in [2.45, 2.75) is 12.6 Å². The molecule has 6 nitrogen and oxygen atoms in total. The third kappa shape index (κ3) is 5.63. The monoisotopic (exact) mass is 441 g/mol. The van der Waals surface area contributed by atoms with Crippen molar-refractivity contribution in [3.8, 4) is 0 Å². The summed E-state index contributed by atoms with van der Waals surface area (Å²) in [5, 5.41) is 7.70. The van der Waals surface area contributed by atoms with Gasteiger partial charge >= 0.3 is 0 Å². The molecule has 1 unspecified atom stereocenters. The van der Waals surface area contributed by atoms with E-state index in [4.69, 9.17) is 27.9 Å². The first-order valence-corrected chi connectivity index (χ1v) is 10.3. The van der Waals surface area contributed by atoms with Crippen LogP contribution in [0.1, 0.15) is 17.3 Å². The lowest BCUT2D eigenvalue weighted by atomic mass is 10.0. The summed E-state index contributed by atoms with van der Waals surface area (Å²) in [4.78, 5) is 6.64. The lowest BCUT2D eigenvalue weighted by Gasteiger charge is -2.35. The number of aromatic nitrogens is 1. The second-order valence-corrected chi connectivity index (χ2v) is 7.62. The van der Waals surface area contributed by atoms with Crippen molar-refractivity contribution in [2.75, 3.05) is 39.9 Å². The fraction of sp³-hybridized carbons (Fsp3) is 0.450. The minimum atomic E-state index is -0.236. The van der Waals surface area contributed by atoms with E-state index in [1.54, 1.807) is 7.05 Å². The van der Waals surface area contributed by atoms with Gasteiger partial charge in [-0.05, 0) is 23.8 Å². The summed E-state index contributed by atoms with van der Waals surface area (Å²) in [5.74, 6) is 0.429. The van der Waals surface area contributed by atoms with Crippen molar-refractivity contribution in [1.82, 2.24) is 20.1 Å². The fourth-order valence-electron chi connectivity index (χ4n) is 3.38. The molecule has 2 heterocycles. The Morgan fingerprint density at radius 1 is 1.21 bits per heavy atom. The van der Waals surface area contributed by atoms with Crippen LogP contribution >= 0.6 is 23.2 Å². The van der Waals surface area contributed by atoms with Gasteiger partial charge in [-0.15, -0.1) is 0 Å². The Balaban J connectivity index is 1.64. The van der Waals surface area contributed by atoms with Crippen LogP contribution < -0.4 is 10.6 Å². The standard InChI is InChI=1S/C20H26Cl2FN5O/c1-24-20(25-12-16-11-17(21)19(22)27(16)2)26-13-18(28-7-9-29-10-8-28)14-3-5-15(23)6-4-14/h3-6,11,18H,7-10,12-13H2,1-2H3,(H2,24,25,26). The van der Waals surface area contributed by atoms with E-state index < -0.39 is 0 Å². The number of guanidine groups is 1. The number of hydrogen-bond acceptors (Lipinski definition) is 3. The molecule has 1 aromatic heterocycles. The molecule has 1 aliphatic heterocycles. The maximum Gasteiger partial charge on any atom is 0.191 e. The van der Waals surface area contributed by atoms with Gasteiger partial charge in [0.2, 0.25) is 0 Å². The van der Waals surface area contributed by atoms with Gasteiger partial charge in [-0.25, -0.2) is 4.39 Å². The molecule has 0 radical (unpaired) electrons. The van der Waals surface area contributed by atoms with Crippen molar-refractivity contribution in [2.24, 2.45) is 12.0 Å². The minimum absolute atomic E-state index is 0.0805. The van der Waals surface area contributed by atoms with E-state index in [9.17, 15) is 4.39 Å². The van der Waals surface area contributed by atoms with E-state index in [0.717, 1.165) is 24.3 Å². The van der Waals surface area contributed by atoms with Crippen LogP contribution in [0.2, 0.25) is 10.2 Å². The molecular formula is C20H26Cl2FN5O. The third-order valence-corrected chi connectivity index (χ3v) is 5.92. The highest BCUT2D eigenvalue weighted by molar-refractivity contribution is 6.41. The molecule has 0 saturated carbocycles. The van der Waals surface area contributed by atoms with Crippen LogP contribution in [0.3, 0.4) is 0 Å². The predicted octanol–water partition coefficient (Wildman–Crippen LogP) is 3.21. The average Bonchev–Trinajstić information content (AvgIpc) is 2.99. The van der Waals surface area contributed by atoms with Gasteiger partial charge in [-0.3, -0.25) is 9.89 Å². The summed E-state index contributed by atoms with van der Waals surface area (Å²) < 4.78 is 20.7. The molecule has 9 heteroatoms. The average molecular weight is 442 g/mol. The molecule has 2 aromatic rings. The van der Waals surface area contributed by atoms with E-state index in [-0.39, 0.29) is 11.9 Å². The maximum atomic E-state index is 13.4. The SMILES string of the molecule is CN=C(NCc1cc(Cl)c(Cl)n1C)NCC(c1ccc(F)cc1)N1CCOCC1. The van der Waals surface area contributed by atoms with Crippen LogP contribution in [-0.2, 0) is 18.3 Å². The van der Waals surface area contributed by atoms with Crippen molar-refractivity contribution >= 4 is 29.2 Å². The Kier molecular flexibility index (Phi) is 7.77. The Hall–Kier alpha value is -1.80. The summed E-state index contributed by atoms with van der Waals surface area (Å²) in [6.07, 6.45) is 0. The van der Waals surface area contributed by atoms with Gasteiger partial charge in [-0.2, -0.15) is 0 Å². The van der Waals surface area contributed by atoms with Gasteiger partial charge in [-0.1, -0.05) is 35.3 Å². The van der Waals surface area contributed by atoms with Crippen LogP contribution in [0.5, 0.6) is 0 Å². The molecule has 0 bridgehead atoms. The number of nitrogens with one attached hydrogen (secondary N) is 2. The topological polar surface area (TPSA) is 53.8 Å². The van der Waals surface area contributed by atoms with Crippen LogP contribution in [0.15, 0.2) is 35.3 Å². The highest BCUT2D eigenvalue weighted by Gasteiger charge is 2.23. The number of rotatable bonds is 6. The summed E-state index contributed by atoms with van der Waals surface area (Å²) in [6, 6.07) is 8.58. The molecular weight excluding hydrogens is 416 g/mol. The van der Waals surface area contributed by atoms with Gasteiger partial charge in [0.05, 0.1) is 30.8 Å². The molecule has 158 valence electrons. The molecule has 0 amide bonds. The molecule has 1 aliphatic rings. The molecule has 1 saturated heterocycles. The van der Waals surface area contributed by atoms with Crippen LogP contribution in [0, 0.1) is 5.82 Å². The lowest BCUT2D eigenvalue weighted by molar-refractivity contribution is 0.0170. The summed E-state index contributed by atoms with van der Waals surface area (Å²) in [7, 11) is 3.59. The van der Waals surface area contributed by atoms with Crippen LogP contribution in [0.4, 0.5) is 4.39 Å². The van der Waals surface area contributed by atoms with Gasteiger partial charge in [0.15, 0.2) is 5.96 Å². The van der Waals surface area contributed by atoms with E-state index in [1.165, 1.54) is 12.1 Å². The highest BCUT2D eigenvalue weighted by atomic mass is 35.5. The second-order valence-electron chi connectivity index (χ2n) is 6.86. The molecule has 3 rings (SSSR count). The zero-order valence-electron chi connectivity index (χ0n) is 16.6. The minimum Gasteiger partial charge on any atom is -0.379 e. The largest absolute Gasteiger partial charge is 0.379 e. The number of hydrogen-bond donors (Lipinski definition) is 2. The van der Waals surface area contributed by atoms with Gasteiger partial charge in [0, 0.05) is 39.4 Å². The van der Waals surface area contributed by atoms with E-state index in [2.05, 4.69) is 20.5 Å². The fourth-order valence-corrected chi connectivity index (χ4v) is 3.79. The smallest absolute Gasteiger partial charge is 0.191 e. The first-order chi connectivity index (χ1) is 14.0. The summed E-state index contributed by atoms with van der Waals surface area (Å²) in [6.45, 7) is 4.20. The molecule has 1 fully saturated rings. The Labute approximate surface area is 180 Å². The van der Waals surface area contributed by atoms with Crippen molar-refractivity contribution < 1.29 is 9.13 Å². The number of aliphatic imine (C=N–C) groups is 1. The Morgan fingerprint density at radius 3 is 2.48 bits per heavy atom. The molecule has 1 aromatic carbocycles. The first kappa shape index (κ1) is 21.9. The summed E-state index contributed by atoms with van der Waals surface area (Å²) in [5.41, 5.74) is 2.00. The Morgan fingerprint density at radius 2 is 1.90 bits per heavy atom. The van der Waals surface area contributed by atoms with Crippen LogP contribution in [0.25, 0.3) is 0 Å². The number of ether oxygens (including phenoxy) is 1. The van der Waals surface area contributed by atoms with E-state index in [1.807, 2.05) is 29.8 Å². The quantitative estimate of drug-likeness (QED) is 0.533.